The van der Waals surface area contributed by atoms with Gasteiger partial charge in [0, 0.05) is 30.9 Å². The van der Waals surface area contributed by atoms with Crippen LogP contribution in [0.2, 0.25) is 0 Å². The molecule has 0 aromatic heterocycles. The second-order valence-corrected chi connectivity index (χ2v) is 6.68. The quantitative estimate of drug-likeness (QED) is 0.670. The Morgan fingerprint density at radius 2 is 1.52 bits per heavy atom. The Morgan fingerprint density at radius 3 is 2.13 bits per heavy atom. The van der Waals surface area contributed by atoms with Gasteiger partial charge in [0.25, 0.3) is 5.91 Å². The molecule has 31 heavy (non-hydrogen) atoms. The van der Waals surface area contributed by atoms with Gasteiger partial charge in [-0.05, 0) is 18.2 Å². The summed E-state index contributed by atoms with van der Waals surface area (Å²) in [7, 11) is 5.73. The highest BCUT2D eigenvalue weighted by Gasteiger charge is 2.22. The van der Waals surface area contributed by atoms with Gasteiger partial charge in [-0.15, -0.1) is 0 Å². The van der Waals surface area contributed by atoms with Crippen molar-refractivity contribution in [3.05, 3.63) is 41.5 Å². The number of carbonyl (C=O) groups is 2. The molecule has 1 saturated heterocycles. The fraction of sp³-hybridized carbons (Fsp3) is 0.364. The molecule has 166 valence electrons. The summed E-state index contributed by atoms with van der Waals surface area (Å²) in [6.07, 6.45) is 0. The van der Waals surface area contributed by atoms with E-state index in [1.165, 1.54) is 34.5 Å². The normalized spacial score (nSPS) is 13.4. The number of amides is 1. The van der Waals surface area contributed by atoms with Crippen molar-refractivity contribution < 1.29 is 33.3 Å². The van der Waals surface area contributed by atoms with Crippen molar-refractivity contribution in [1.82, 2.24) is 0 Å². The van der Waals surface area contributed by atoms with E-state index >= 15 is 0 Å². The lowest BCUT2D eigenvalue weighted by atomic mass is 10.1. The van der Waals surface area contributed by atoms with Crippen LogP contribution >= 0.6 is 0 Å². The van der Waals surface area contributed by atoms with Crippen LogP contribution in [-0.2, 0) is 9.47 Å². The van der Waals surface area contributed by atoms with E-state index in [1.54, 1.807) is 18.2 Å². The minimum Gasteiger partial charge on any atom is -0.496 e. The zero-order chi connectivity index (χ0) is 22.4. The molecule has 9 heteroatoms. The highest BCUT2D eigenvalue weighted by Crippen LogP contribution is 2.35. The standard InChI is InChI=1S/C22H26N2O7/c1-27-18-13-20(29-3)19(28-2)12-16(18)21(25)23-17-6-5-14(11-15(17)22(26)30-4)24-7-9-31-10-8-24/h5-6,11-13H,7-10H2,1-4H3,(H,23,25). The number of nitrogens with zero attached hydrogens (tertiary/aromatic N) is 1. The fourth-order valence-electron chi connectivity index (χ4n) is 3.33. The molecule has 1 aliphatic heterocycles. The summed E-state index contributed by atoms with van der Waals surface area (Å²) in [5.41, 5.74) is 1.66. The van der Waals surface area contributed by atoms with Gasteiger partial charge >= 0.3 is 5.97 Å². The number of hydrogen-bond donors (Lipinski definition) is 1. The molecule has 0 bridgehead atoms. The van der Waals surface area contributed by atoms with Crippen LogP contribution in [0.15, 0.2) is 30.3 Å². The Morgan fingerprint density at radius 1 is 0.871 bits per heavy atom. The molecule has 0 saturated carbocycles. The van der Waals surface area contributed by atoms with Crippen molar-refractivity contribution in [2.75, 3.05) is 65.0 Å². The highest BCUT2D eigenvalue weighted by atomic mass is 16.5. The molecule has 2 aromatic carbocycles. The van der Waals surface area contributed by atoms with Crippen LogP contribution in [0.25, 0.3) is 0 Å². The molecule has 1 fully saturated rings. The molecule has 2 aromatic rings. The van der Waals surface area contributed by atoms with Gasteiger partial charge in [0.15, 0.2) is 11.5 Å². The zero-order valence-corrected chi connectivity index (χ0v) is 18.0. The second-order valence-electron chi connectivity index (χ2n) is 6.68. The number of esters is 1. The van der Waals surface area contributed by atoms with Crippen LogP contribution in [0.3, 0.4) is 0 Å². The average molecular weight is 430 g/mol. The molecule has 1 heterocycles. The second kappa shape index (κ2) is 10.0. The number of methoxy groups -OCH3 is 4. The van der Waals surface area contributed by atoms with Gasteiger partial charge in [-0.3, -0.25) is 4.79 Å². The number of carbonyl (C=O) groups excluding carboxylic acids is 2. The van der Waals surface area contributed by atoms with Crippen LogP contribution in [-0.4, -0.2) is 66.6 Å². The maximum Gasteiger partial charge on any atom is 0.340 e. The maximum absolute atomic E-state index is 13.0. The summed E-state index contributed by atoms with van der Waals surface area (Å²) >= 11 is 0. The number of hydrogen-bond acceptors (Lipinski definition) is 8. The molecule has 0 spiro atoms. The zero-order valence-electron chi connectivity index (χ0n) is 18.0. The fourth-order valence-corrected chi connectivity index (χ4v) is 3.33. The van der Waals surface area contributed by atoms with E-state index in [4.69, 9.17) is 23.7 Å². The van der Waals surface area contributed by atoms with Gasteiger partial charge in [0.2, 0.25) is 0 Å². The average Bonchev–Trinajstić information content (AvgIpc) is 2.83. The van der Waals surface area contributed by atoms with E-state index in [9.17, 15) is 9.59 Å². The predicted molar refractivity (Wildman–Crippen MR) is 115 cm³/mol. The van der Waals surface area contributed by atoms with E-state index in [1.807, 2.05) is 6.07 Å². The highest BCUT2D eigenvalue weighted by molar-refractivity contribution is 6.10. The summed E-state index contributed by atoms with van der Waals surface area (Å²) in [6.45, 7) is 2.67. The van der Waals surface area contributed by atoms with Gasteiger partial charge in [0.05, 0.1) is 58.5 Å². The molecule has 9 nitrogen and oxygen atoms in total. The molecule has 0 aliphatic carbocycles. The van der Waals surface area contributed by atoms with Gasteiger partial charge in [-0.1, -0.05) is 0 Å². The Labute approximate surface area is 180 Å². The third-order valence-corrected chi connectivity index (χ3v) is 4.98. The summed E-state index contributed by atoms with van der Waals surface area (Å²) in [5.74, 6) is 0.0943. The van der Waals surface area contributed by atoms with Gasteiger partial charge in [-0.2, -0.15) is 0 Å². The van der Waals surface area contributed by atoms with Crippen molar-refractivity contribution in [2.24, 2.45) is 0 Å². The topological polar surface area (TPSA) is 95.6 Å². The van der Waals surface area contributed by atoms with E-state index in [2.05, 4.69) is 10.2 Å². The summed E-state index contributed by atoms with van der Waals surface area (Å²) in [4.78, 5) is 27.6. The lowest BCUT2D eigenvalue weighted by Crippen LogP contribution is -2.36. The van der Waals surface area contributed by atoms with Crippen LogP contribution in [0.4, 0.5) is 11.4 Å². The third-order valence-electron chi connectivity index (χ3n) is 4.98. The van der Waals surface area contributed by atoms with Gasteiger partial charge in [-0.25, -0.2) is 4.79 Å². The number of rotatable bonds is 7. The number of benzene rings is 2. The molecular formula is C22H26N2O7. The first-order chi connectivity index (χ1) is 15.0. The monoisotopic (exact) mass is 430 g/mol. The Bertz CT molecular complexity index is 955. The van der Waals surface area contributed by atoms with Gasteiger partial charge < -0.3 is 33.9 Å². The molecule has 1 amide bonds. The van der Waals surface area contributed by atoms with Crippen LogP contribution < -0.4 is 24.4 Å². The smallest absolute Gasteiger partial charge is 0.340 e. The first kappa shape index (κ1) is 22.2. The van der Waals surface area contributed by atoms with Crippen molar-refractivity contribution >= 4 is 23.3 Å². The molecule has 0 radical (unpaired) electrons. The van der Waals surface area contributed by atoms with E-state index in [0.717, 1.165) is 18.8 Å². The Kier molecular flexibility index (Phi) is 7.19. The first-order valence-corrected chi connectivity index (χ1v) is 9.68. The third kappa shape index (κ3) is 4.83. The summed E-state index contributed by atoms with van der Waals surface area (Å²) in [6, 6.07) is 8.32. The van der Waals surface area contributed by atoms with Crippen LogP contribution in [0, 0.1) is 0 Å². The number of anilines is 2. The van der Waals surface area contributed by atoms with Gasteiger partial charge in [0.1, 0.15) is 5.75 Å². The van der Waals surface area contributed by atoms with Crippen molar-refractivity contribution in [3.63, 3.8) is 0 Å². The number of ether oxygens (including phenoxy) is 5. The van der Waals surface area contributed by atoms with Crippen LogP contribution in [0.1, 0.15) is 20.7 Å². The summed E-state index contributed by atoms with van der Waals surface area (Å²) in [5, 5.41) is 2.78. The molecule has 3 rings (SSSR count). The van der Waals surface area contributed by atoms with Crippen molar-refractivity contribution in [1.29, 1.82) is 0 Å². The Hall–Kier alpha value is -3.46. The van der Waals surface area contributed by atoms with Crippen LogP contribution in [0.5, 0.6) is 17.2 Å². The van der Waals surface area contributed by atoms with E-state index in [-0.39, 0.29) is 11.1 Å². The molecule has 1 aliphatic rings. The minimum absolute atomic E-state index is 0.230. The number of morpholine rings is 1. The minimum atomic E-state index is -0.551. The maximum atomic E-state index is 13.0. The molecule has 1 N–H and O–H groups in total. The predicted octanol–water partition coefficient (Wildman–Crippen LogP) is 2.59. The first-order valence-electron chi connectivity index (χ1n) is 9.68. The van der Waals surface area contributed by atoms with Crippen molar-refractivity contribution in [2.45, 2.75) is 0 Å². The lowest BCUT2D eigenvalue weighted by Gasteiger charge is -2.29. The Balaban J connectivity index is 1.94. The molecular weight excluding hydrogens is 404 g/mol. The SMILES string of the molecule is COC(=O)c1cc(N2CCOCC2)ccc1NC(=O)c1cc(OC)c(OC)cc1OC. The molecule has 0 atom stereocenters. The largest absolute Gasteiger partial charge is 0.496 e. The lowest BCUT2D eigenvalue weighted by molar-refractivity contribution is 0.0602. The van der Waals surface area contributed by atoms with Crippen molar-refractivity contribution in [3.8, 4) is 17.2 Å². The molecule has 0 unspecified atom stereocenters. The van der Waals surface area contributed by atoms with E-state index in [0.29, 0.717) is 36.1 Å². The summed E-state index contributed by atoms with van der Waals surface area (Å²) < 4.78 is 26.2. The van der Waals surface area contributed by atoms with E-state index < -0.39 is 11.9 Å². The number of nitrogens with one attached hydrogen (secondary N) is 1.